The number of rotatable bonds is 3. The first-order valence-electron chi connectivity index (χ1n) is 9.52. The predicted octanol–water partition coefficient (Wildman–Crippen LogP) is 4.48. The van der Waals surface area contributed by atoms with Crippen molar-refractivity contribution in [2.75, 3.05) is 13.1 Å². The standard InChI is InChI=1S/C22H20N4OS/c27-22(19-7-4-14-28-19)25-12-10-17(11-13-25)21-23-20-9-8-18(15-26(20)24-21)16-5-2-1-3-6-16/h1-9,14-15,17H,10-13H2. The van der Waals surface area contributed by atoms with Gasteiger partial charge in [0.2, 0.25) is 0 Å². The molecule has 1 fully saturated rings. The number of benzene rings is 1. The molecule has 28 heavy (non-hydrogen) atoms. The van der Waals surface area contributed by atoms with Gasteiger partial charge in [-0.1, -0.05) is 36.4 Å². The van der Waals surface area contributed by atoms with Crippen LogP contribution in [0.15, 0.2) is 66.2 Å². The van der Waals surface area contributed by atoms with Crippen molar-refractivity contribution >= 4 is 22.9 Å². The molecule has 5 rings (SSSR count). The Balaban J connectivity index is 1.32. The molecule has 1 aliphatic rings. The second kappa shape index (κ2) is 7.20. The molecule has 0 unspecified atom stereocenters. The van der Waals surface area contributed by atoms with Crippen LogP contribution in [0.1, 0.15) is 34.3 Å². The average Bonchev–Trinajstić information content (AvgIpc) is 3.43. The van der Waals surface area contributed by atoms with Gasteiger partial charge in [0.25, 0.3) is 5.91 Å². The number of amides is 1. The minimum atomic E-state index is 0.143. The van der Waals surface area contributed by atoms with E-state index in [-0.39, 0.29) is 5.91 Å². The topological polar surface area (TPSA) is 50.5 Å². The normalized spacial score (nSPS) is 15.2. The van der Waals surface area contributed by atoms with E-state index >= 15 is 0 Å². The summed E-state index contributed by atoms with van der Waals surface area (Å²) in [5.74, 6) is 1.32. The van der Waals surface area contributed by atoms with Crippen molar-refractivity contribution in [3.63, 3.8) is 0 Å². The van der Waals surface area contributed by atoms with Crippen LogP contribution in [-0.4, -0.2) is 38.5 Å². The number of aromatic nitrogens is 3. The van der Waals surface area contributed by atoms with Crippen LogP contribution < -0.4 is 0 Å². The SMILES string of the molecule is O=C(c1cccs1)N1CCC(c2nc3ccc(-c4ccccc4)cn3n2)CC1. The van der Waals surface area contributed by atoms with Crippen LogP contribution in [0.2, 0.25) is 0 Å². The first kappa shape index (κ1) is 17.1. The number of fused-ring (bicyclic) bond motifs is 1. The molecule has 1 aliphatic heterocycles. The fraction of sp³-hybridized carbons (Fsp3) is 0.227. The van der Waals surface area contributed by atoms with E-state index in [0.717, 1.165) is 47.8 Å². The van der Waals surface area contributed by atoms with Gasteiger partial charge in [-0.05, 0) is 42.0 Å². The third-order valence-corrected chi connectivity index (χ3v) is 6.19. The molecule has 5 nitrogen and oxygen atoms in total. The van der Waals surface area contributed by atoms with E-state index in [2.05, 4.69) is 18.2 Å². The lowest BCUT2D eigenvalue weighted by atomic mass is 9.96. The molecule has 0 radical (unpaired) electrons. The molecular weight excluding hydrogens is 368 g/mol. The van der Waals surface area contributed by atoms with Gasteiger partial charge in [0.15, 0.2) is 11.5 Å². The van der Waals surface area contributed by atoms with Gasteiger partial charge in [0.05, 0.1) is 4.88 Å². The smallest absolute Gasteiger partial charge is 0.263 e. The summed E-state index contributed by atoms with van der Waals surface area (Å²) in [6.45, 7) is 1.51. The Morgan fingerprint density at radius 1 is 0.964 bits per heavy atom. The number of piperidine rings is 1. The van der Waals surface area contributed by atoms with E-state index in [1.807, 2.05) is 57.4 Å². The van der Waals surface area contributed by atoms with E-state index < -0.39 is 0 Å². The lowest BCUT2D eigenvalue weighted by Crippen LogP contribution is -2.37. The molecule has 0 atom stereocenters. The Kier molecular flexibility index (Phi) is 4.41. The molecule has 1 amide bonds. The Hall–Kier alpha value is -2.99. The molecule has 4 aromatic rings. The predicted molar refractivity (Wildman–Crippen MR) is 111 cm³/mol. The molecule has 0 bridgehead atoms. The summed E-state index contributed by atoms with van der Waals surface area (Å²) in [5, 5.41) is 6.70. The molecule has 140 valence electrons. The summed E-state index contributed by atoms with van der Waals surface area (Å²) in [6, 6.07) is 18.2. The highest BCUT2D eigenvalue weighted by atomic mass is 32.1. The van der Waals surface area contributed by atoms with Crippen LogP contribution >= 0.6 is 11.3 Å². The molecule has 1 aromatic carbocycles. The number of thiophene rings is 1. The fourth-order valence-corrected chi connectivity index (χ4v) is 4.46. The molecule has 3 aromatic heterocycles. The van der Waals surface area contributed by atoms with Gasteiger partial charge < -0.3 is 4.90 Å². The second-order valence-electron chi connectivity index (χ2n) is 7.10. The molecule has 0 saturated carbocycles. The van der Waals surface area contributed by atoms with Gasteiger partial charge in [0.1, 0.15) is 0 Å². The Bertz CT molecular complexity index is 1100. The molecule has 1 saturated heterocycles. The first-order valence-corrected chi connectivity index (χ1v) is 10.4. The lowest BCUT2D eigenvalue weighted by Gasteiger charge is -2.30. The maximum atomic E-state index is 12.5. The van der Waals surface area contributed by atoms with Crippen molar-refractivity contribution in [2.24, 2.45) is 0 Å². The quantitative estimate of drug-likeness (QED) is 0.520. The largest absolute Gasteiger partial charge is 0.338 e. The van der Waals surface area contributed by atoms with Crippen molar-refractivity contribution in [3.8, 4) is 11.1 Å². The Labute approximate surface area is 167 Å². The molecule has 0 N–H and O–H groups in total. The van der Waals surface area contributed by atoms with Crippen LogP contribution in [0.3, 0.4) is 0 Å². The number of pyridine rings is 1. The van der Waals surface area contributed by atoms with Crippen LogP contribution in [0, 0.1) is 0 Å². The number of carbonyl (C=O) groups excluding carboxylic acids is 1. The zero-order valence-electron chi connectivity index (χ0n) is 15.4. The third-order valence-electron chi connectivity index (χ3n) is 5.33. The van der Waals surface area contributed by atoms with Gasteiger partial charge in [0, 0.05) is 30.8 Å². The van der Waals surface area contributed by atoms with Crippen LogP contribution in [0.5, 0.6) is 0 Å². The van der Waals surface area contributed by atoms with Crippen LogP contribution in [0.4, 0.5) is 0 Å². The van der Waals surface area contributed by atoms with Crippen LogP contribution in [0.25, 0.3) is 16.8 Å². The molecule has 0 spiro atoms. The highest BCUT2D eigenvalue weighted by Crippen LogP contribution is 2.28. The molecular formula is C22H20N4OS. The monoisotopic (exact) mass is 388 g/mol. The number of likely N-dealkylation sites (tertiary alicyclic amines) is 1. The summed E-state index contributed by atoms with van der Waals surface area (Å²) >= 11 is 1.51. The number of hydrogen-bond acceptors (Lipinski definition) is 4. The molecule has 6 heteroatoms. The zero-order valence-corrected chi connectivity index (χ0v) is 16.2. The average molecular weight is 388 g/mol. The Morgan fingerprint density at radius 3 is 2.54 bits per heavy atom. The van der Waals surface area contributed by atoms with Crippen molar-refractivity contribution < 1.29 is 4.79 Å². The van der Waals surface area contributed by atoms with Crippen molar-refractivity contribution in [1.82, 2.24) is 19.5 Å². The van der Waals surface area contributed by atoms with E-state index in [9.17, 15) is 4.79 Å². The summed E-state index contributed by atoms with van der Waals surface area (Å²) in [7, 11) is 0. The van der Waals surface area contributed by atoms with Gasteiger partial charge in [-0.25, -0.2) is 9.50 Å². The van der Waals surface area contributed by atoms with E-state index in [1.54, 1.807) is 0 Å². The summed E-state index contributed by atoms with van der Waals surface area (Å²) in [4.78, 5) is 20.0. The zero-order chi connectivity index (χ0) is 18.9. The van der Waals surface area contributed by atoms with Crippen LogP contribution in [-0.2, 0) is 0 Å². The fourth-order valence-electron chi connectivity index (χ4n) is 3.77. The number of carbonyl (C=O) groups is 1. The van der Waals surface area contributed by atoms with E-state index in [4.69, 9.17) is 10.1 Å². The summed E-state index contributed by atoms with van der Waals surface area (Å²) in [5.41, 5.74) is 3.16. The maximum absolute atomic E-state index is 12.5. The summed E-state index contributed by atoms with van der Waals surface area (Å²) < 4.78 is 1.88. The Morgan fingerprint density at radius 2 is 1.79 bits per heavy atom. The second-order valence-corrected chi connectivity index (χ2v) is 8.05. The minimum Gasteiger partial charge on any atom is -0.338 e. The number of nitrogens with zero attached hydrogens (tertiary/aromatic N) is 4. The summed E-state index contributed by atoms with van der Waals surface area (Å²) in [6.07, 6.45) is 3.84. The highest BCUT2D eigenvalue weighted by molar-refractivity contribution is 7.12. The minimum absolute atomic E-state index is 0.143. The van der Waals surface area contributed by atoms with Gasteiger partial charge in [-0.2, -0.15) is 5.10 Å². The maximum Gasteiger partial charge on any atom is 0.263 e. The first-order chi connectivity index (χ1) is 13.8. The van der Waals surface area contributed by atoms with E-state index in [1.165, 1.54) is 16.9 Å². The van der Waals surface area contributed by atoms with Gasteiger partial charge in [-0.3, -0.25) is 4.79 Å². The highest BCUT2D eigenvalue weighted by Gasteiger charge is 2.27. The third kappa shape index (κ3) is 3.20. The molecule has 4 heterocycles. The van der Waals surface area contributed by atoms with Crippen molar-refractivity contribution in [3.05, 3.63) is 76.9 Å². The van der Waals surface area contributed by atoms with E-state index in [0.29, 0.717) is 5.92 Å². The van der Waals surface area contributed by atoms with Gasteiger partial charge >= 0.3 is 0 Å². The lowest BCUT2D eigenvalue weighted by molar-refractivity contribution is 0.0716. The molecule has 0 aliphatic carbocycles. The van der Waals surface area contributed by atoms with Crippen molar-refractivity contribution in [1.29, 1.82) is 0 Å². The number of hydrogen-bond donors (Lipinski definition) is 0. The van der Waals surface area contributed by atoms with Gasteiger partial charge in [-0.15, -0.1) is 11.3 Å². The van der Waals surface area contributed by atoms with Crippen molar-refractivity contribution in [2.45, 2.75) is 18.8 Å².